The van der Waals surface area contributed by atoms with Crippen LogP contribution in [0, 0.1) is 5.82 Å². The number of hydrogen-bond acceptors (Lipinski definition) is 4. The van der Waals surface area contributed by atoms with Gasteiger partial charge in [-0.3, -0.25) is 4.79 Å². The van der Waals surface area contributed by atoms with Crippen molar-refractivity contribution in [2.24, 2.45) is 4.99 Å². The summed E-state index contributed by atoms with van der Waals surface area (Å²) in [5.41, 5.74) is 0.721. The zero-order valence-electron chi connectivity index (χ0n) is 15.0. The van der Waals surface area contributed by atoms with Crippen LogP contribution in [0.1, 0.15) is 24.8 Å². The van der Waals surface area contributed by atoms with Crippen LogP contribution in [0.25, 0.3) is 6.08 Å². The number of rotatable bonds is 3. The molecule has 2 aromatic carbocycles. The number of hydrogen-bond donors (Lipinski definition) is 0. The Kier molecular flexibility index (Phi) is 5.69. The first-order valence-electron chi connectivity index (χ1n) is 9.09. The molecule has 0 radical (unpaired) electrons. The number of ether oxygens (including phenoxy) is 1. The first kappa shape index (κ1) is 19.0. The van der Waals surface area contributed by atoms with Gasteiger partial charge in [-0.15, -0.1) is 0 Å². The van der Waals surface area contributed by atoms with E-state index in [0.717, 1.165) is 36.7 Å². The Morgan fingerprint density at radius 1 is 1.07 bits per heavy atom. The van der Waals surface area contributed by atoms with Gasteiger partial charge >= 0.3 is 0 Å². The molecule has 0 atom stereocenters. The predicted molar refractivity (Wildman–Crippen MR) is 111 cm³/mol. The third-order valence-electron chi connectivity index (χ3n) is 4.54. The summed E-state index contributed by atoms with van der Waals surface area (Å²) in [5.74, 6) is 0.504. The summed E-state index contributed by atoms with van der Waals surface area (Å²) < 4.78 is 18.7. The molecule has 0 bridgehead atoms. The molecule has 2 heterocycles. The van der Waals surface area contributed by atoms with Crippen molar-refractivity contribution in [3.8, 4) is 11.5 Å². The number of halogens is 2. The van der Waals surface area contributed by atoms with E-state index in [9.17, 15) is 9.18 Å². The van der Waals surface area contributed by atoms with Crippen LogP contribution in [0.4, 0.5) is 4.39 Å². The fourth-order valence-corrected chi connectivity index (χ4v) is 4.27. The van der Waals surface area contributed by atoms with E-state index in [1.165, 1.54) is 30.3 Å². The average molecular weight is 417 g/mol. The summed E-state index contributed by atoms with van der Waals surface area (Å²) in [4.78, 5) is 19.2. The van der Waals surface area contributed by atoms with Gasteiger partial charge in [0, 0.05) is 13.1 Å². The van der Waals surface area contributed by atoms with Gasteiger partial charge < -0.3 is 9.64 Å². The first-order valence-corrected chi connectivity index (χ1v) is 10.3. The second-order valence-corrected chi connectivity index (χ2v) is 8.01. The number of amides is 1. The predicted octanol–water partition coefficient (Wildman–Crippen LogP) is 5.73. The third kappa shape index (κ3) is 4.39. The molecule has 0 saturated carbocycles. The summed E-state index contributed by atoms with van der Waals surface area (Å²) in [6.07, 6.45) is 5.26. The molecule has 2 aliphatic rings. The minimum absolute atomic E-state index is 0.228. The molecule has 0 unspecified atom stereocenters. The Labute approximate surface area is 172 Å². The zero-order valence-corrected chi connectivity index (χ0v) is 16.6. The van der Waals surface area contributed by atoms with E-state index in [1.54, 1.807) is 36.4 Å². The lowest BCUT2D eigenvalue weighted by Gasteiger charge is -2.27. The number of aliphatic imine (C=N–C) groups is 1. The summed E-state index contributed by atoms with van der Waals surface area (Å²) in [6.45, 7) is 1.89. The van der Waals surface area contributed by atoms with Crippen LogP contribution in [0.3, 0.4) is 0 Å². The summed E-state index contributed by atoms with van der Waals surface area (Å²) in [6, 6.07) is 11.0. The molecule has 1 saturated heterocycles. The normalized spacial score (nSPS) is 18.5. The minimum atomic E-state index is -0.322. The van der Waals surface area contributed by atoms with Crippen molar-refractivity contribution < 1.29 is 13.9 Å². The van der Waals surface area contributed by atoms with E-state index in [4.69, 9.17) is 16.3 Å². The Bertz CT molecular complexity index is 953. The molecule has 2 aromatic rings. The van der Waals surface area contributed by atoms with Crippen molar-refractivity contribution in [3.63, 3.8) is 0 Å². The molecule has 4 rings (SSSR count). The summed E-state index contributed by atoms with van der Waals surface area (Å²) in [7, 11) is 0. The van der Waals surface area contributed by atoms with E-state index in [1.807, 2.05) is 0 Å². The molecule has 144 valence electrons. The number of benzene rings is 2. The zero-order chi connectivity index (χ0) is 19.5. The number of carbonyl (C=O) groups excluding carboxylic acids is 1. The van der Waals surface area contributed by atoms with Gasteiger partial charge in [-0.1, -0.05) is 11.6 Å². The van der Waals surface area contributed by atoms with Gasteiger partial charge in [-0.2, -0.15) is 4.99 Å². The topological polar surface area (TPSA) is 41.9 Å². The van der Waals surface area contributed by atoms with Crippen molar-refractivity contribution in [1.29, 1.82) is 0 Å². The molecule has 2 aliphatic heterocycles. The highest BCUT2D eigenvalue weighted by molar-refractivity contribution is 8.18. The van der Waals surface area contributed by atoms with Gasteiger partial charge in [-0.05, 0) is 85.1 Å². The maximum absolute atomic E-state index is 13.0. The molecule has 1 fully saturated rings. The van der Waals surface area contributed by atoms with Crippen molar-refractivity contribution in [3.05, 3.63) is 63.8 Å². The lowest BCUT2D eigenvalue weighted by atomic mass is 10.1. The fraction of sp³-hybridized carbons (Fsp3) is 0.238. The van der Waals surface area contributed by atoms with Gasteiger partial charge in [0.05, 0.1) is 9.93 Å². The number of likely N-dealkylation sites (tertiary alicyclic amines) is 1. The maximum Gasteiger partial charge on any atom is 0.286 e. The number of piperidine rings is 1. The van der Waals surface area contributed by atoms with Gasteiger partial charge in [0.2, 0.25) is 0 Å². The second-order valence-electron chi connectivity index (χ2n) is 6.60. The first-order chi connectivity index (χ1) is 13.6. The molecule has 7 heteroatoms. The standard InChI is InChI=1S/C21H18ClFN2O2S/c22-18-13-17(27-16-8-5-15(23)6-9-16)7-4-14(18)12-19-20(26)24-21(28-19)25-10-2-1-3-11-25/h4-9,12-13H,1-3,10-11H2/b19-12+. The van der Waals surface area contributed by atoms with E-state index < -0.39 is 0 Å². The highest BCUT2D eigenvalue weighted by atomic mass is 35.5. The highest BCUT2D eigenvalue weighted by Crippen LogP contribution is 2.34. The SMILES string of the molecule is O=C1N=C(N2CCCCC2)S/C1=C/c1ccc(Oc2ccc(F)cc2)cc1Cl. The average Bonchev–Trinajstić information content (AvgIpc) is 3.07. The molecule has 4 nitrogen and oxygen atoms in total. The lowest BCUT2D eigenvalue weighted by Crippen LogP contribution is -2.33. The second kappa shape index (κ2) is 8.37. The van der Waals surface area contributed by atoms with E-state index >= 15 is 0 Å². The fourth-order valence-electron chi connectivity index (χ4n) is 3.09. The van der Waals surface area contributed by atoms with Crippen molar-refractivity contribution >= 4 is 40.5 Å². The van der Waals surface area contributed by atoms with Crippen LogP contribution in [0.15, 0.2) is 52.4 Å². The van der Waals surface area contributed by atoms with Gasteiger partial charge in [0.1, 0.15) is 17.3 Å². The Morgan fingerprint density at radius 3 is 2.50 bits per heavy atom. The summed E-state index contributed by atoms with van der Waals surface area (Å²) in [5, 5.41) is 1.25. The smallest absolute Gasteiger partial charge is 0.286 e. The molecule has 28 heavy (non-hydrogen) atoms. The van der Waals surface area contributed by atoms with E-state index in [2.05, 4.69) is 9.89 Å². The van der Waals surface area contributed by atoms with Crippen LogP contribution in [0.5, 0.6) is 11.5 Å². The van der Waals surface area contributed by atoms with Crippen LogP contribution >= 0.6 is 23.4 Å². The molecular formula is C21H18ClFN2O2S. The molecular weight excluding hydrogens is 399 g/mol. The Hall–Kier alpha value is -2.31. The van der Waals surface area contributed by atoms with Crippen molar-refractivity contribution in [2.75, 3.05) is 13.1 Å². The van der Waals surface area contributed by atoms with Crippen LogP contribution < -0.4 is 4.74 Å². The van der Waals surface area contributed by atoms with Crippen LogP contribution in [0.2, 0.25) is 5.02 Å². The van der Waals surface area contributed by atoms with Gasteiger partial charge in [0.15, 0.2) is 5.17 Å². The molecule has 0 spiro atoms. The van der Waals surface area contributed by atoms with Crippen LogP contribution in [-0.4, -0.2) is 29.1 Å². The van der Waals surface area contributed by atoms with Crippen LogP contribution in [-0.2, 0) is 4.79 Å². The largest absolute Gasteiger partial charge is 0.457 e. The lowest BCUT2D eigenvalue weighted by molar-refractivity contribution is -0.113. The van der Waals surface area contributed by atoms with Crippen molar-refractivity contribution in [1.82, 2.24) is 4.90 Å². The highest BCUT2D eigenvalue weighted by Gasteiger charge is 2.27. The van der Waals surface area contributed by atoms with Crippen molar-refractivity contribution in [2.45, 2.75) is 19.3 Å². The number of amidine groups is 1. The Morgan fingerprint density at radius 2 is 1.79 bits per heavy atom. The number of thioether (sulfide) groups is 1. The molecule has 0 aliphatic carbocycles. The third-order valence-corrected chi connectivity index (χ3v) is 5.92. The number of nitrogens with zero attached hydrogens (tertiary/aromatic N) is 2. The number of carbonyl (C=O) groups is 1. The molecule has 1 amide bonds. The van der Waals surface area contributed by atoms with Gasteiger partial charge in [-0.25, -0.2) is 4.39 Å². The monoisotopic (exact) mass is 416 g/mol. The summed E-state index contributed by atoms with van der Waals surface area (Å²) >= 11 is 7.78. The molecule has 0 aromatic heterocycles. The van der Waals surface area contributed by atoms with Gasteiger partial charge in [0.25, 0.3) is 5.91 Å². The quantitative estimate of drug-likeness (QED) is 0.599. The Balaban J connectivity index is 1.47. The minimum Gasteiger partial charge on any atom is -0.457 e. The molecule has 0 N–H and O–H groups in total. The van der Waals surface area contributed by atoms with E-state index in [-0.39, 0.29) is 11.7 Å². The maximum atomic E-state index is 13.0. The van der Waals surface area contributed by atoms with E-state index in [0.29, 0.717) is 21.4 Å².